The molecule has 0 atom stereocenters. The number of carbonyl (C=O) groups is 3. The molecular formula is C19H14ClIN2O4. The topological polar surface area (TPSA) is 75.7 Å². The maximum Gasteiger partial charge on any atom is 0.338 e. The number of esters is 1. The molecule has 138 valence electrons. The summed E-state index contributed by atoms with van der Waals surface area (Å²) < 4.78 is 5.99. The third-order valence-corrected chi connectivity index (χ3v) is 4.83. The van der Waals surface area contributed by atoms with Gasteiger partial charge in [0.1, 0.15) is 10.7 Å². The molecule has 0 radical (unpaired) electrons. The average molecular weight is 497 g/mol. The van der Waals surface area contributed by atoms with Gasteiger partial charge in [0.2, 0.25) is 0 Å². The van der Waals surface area contributed by atoms with Crippen LogP contribution in [0.5, 0.6) is 0 Å². The van der Waals surface area contributed by atoms with Crippen LogP contribution in [0.2, 0.25) is 0 Å². The maximum absolute atomic E-state index is 12.8. The minimum Gasteiger partial charge on any atom is -0.462 e. The molecule has 0 bridgehead atoms. The highest BCUT2D eigenvalue weighted by Crippen LogP contribution is 2.30. The van der Waals surface area contributed by atoms with Gasteiger partial charge < -0.3 is 10.1 Å². The Balaban J connectivity index is 1.88. The van der Waals surface area contributed by atoms with E-state index in [1.165, 1.54) is 6.07 Å². The molecule has 2 aromatic carbocycles. The number of benzene rings is 2. The van der Waals surface area contributed by atoms with E-state index in [4.69, 9.17) is 16.3 Å². The summed E-state index contributed by atoms with van der Waals surface area (Å²) in [6, 6.07) is 13.4. The van der Waals surface area contributed by atoms with Crippen molar-refractivity contribution in [3.63, 3.8) is 0 Å². The van der Waals surface area contributed by atoms with E-state index in [-0.39, 0.29) is 28.6 Å². The highest BCUT2D eigenvalue weighted by molar-refractivity contribution is 14.1. The molecule has 1 N–H and O–H groups in total. The van der Waals surface area contributed by atoms with Crippen LogP contribution in [-0.2, 0) is 14.3 Å². The van der Waals surface area contributed by atoms with Crippen LogP contribution in [0.4, 0.5) is 11.4 Å². The van der Waals surface area contributed by atoms with Crippen molar-refractivity contribution in [2.45, 2.75) is 6.92 Å². The molecule has 1 aliphatic rings. The molecule has 1 heterocycles. The Morgan fingerprint density at radius 3 is 2.52 bits per heavy atom. The summed E-state index contributed by atoms with van der Waals surface area (Å²) in [5, 5.41) is 2.69. The highest BCUT2D eigenvalue weighted by Gasteiger charge is 2.39. The second kappa shape index (κ2) is 8.10. The number of nitrogens with zero attached hydrogens (tertiary/aromatic N) is 1. The van der Waals surface area contributed by atoms with Crippen molar-refractivity contribution < 1.29 is 19.1 Å². The van der Waals surface area contributed by atoms with Crippen molar-refractivity contribution in [1.29, 1.82) is 0 Å². The molecule has 0 unspecified atom stereocenters. The molecule has 0 aromatic heterocycles. The number of carbonyl (C=O) groups excluding carboxylic acids is 3. The lowest BCUT2D eigenvalue weighted by molar-refractivity contribution is -0.120. The first-order chi connectivity index (χ1) is 12.9. The summed E-state index contributed by atoms with van der Waals surface area (Å²) in [6.45, 7) is 1.92. The van der Waals surface area contributed by atoms with E-state index in [1.807, 2.05) is 12.1 Å². The van der Waals surface area contributed by atoms with Gasteiger partial charge in [-0.05, 0) is 72.0 Å². The van der Waals surface area contributed by atoms with Gasteiger partial charge in [-0.2, -0.15) is 0 Å². The van der Waals surface area contributed by atoms with Crippen LogP contribution in [0.3, 0.4) is 0 Å². The van der Waals surface area contributed by atoms with E-state index in [0.29, 0.717) is 5.69 Å². The lowest BCUT2D eigenvalue weighted by Crippen LogP contribution is -2.32. The molecule has 27 heavy (non-hydrogen) atoms. The number of anilines is 2. The van der Waals surface area contributed by atoms with Crippen molar-refractivity contribution in [1.82, 2.24) is 0 Å². The van der Waals surface area contributed by atoms with E-state index in [9.17, 15) is 14.4 Å². The van der Waals surface area contributed by atoms with Crippen molar-refractivity contribution >= 4 is 63.4 Å². The number of ether oxygens (including phenoxy) is 1. The Bertz CT molecular complexity index is 956. The number of hydrogen-bond donors (Lipinski definition) is 1. The quantitative estimate of drug-likeness (QED) is 0.386. The van der Waals surface area contributed by atoms with Gasteiger partial charge in [0, 0.05) is 9.26 Å². The van der Waals surface area contributed by atoms with Gasteiger partial charge in [-0.15, -0.1) is 0 Å². The maximum atomic E-state index is 12.8. The number of hydrogen-bond acceptors (Lipinski definition) is 5. The standard InChI is InChI=1S/C19H14ClIN2O4/c1-2-27-19(26)11-4-3-5-14(10-11)23-17(24)15(20)16(18(23)25)22-13-8-6-12(21)7-9-13/h3-10,22H,2H2,1H3. The molecule has 0 aliphatic carbocycles. The second-order valence-corrected chi connectivity index (χ2v) is 7.16. The fraction of sp³-hybridized carbons (Fsp3) is 0.105. The molecule has 0 fully saturated rings. The lowest BCUT2D eigenvalue weighted by atomic mass is 10.2. The number of amides is 2. The Morgan fingerprint density at radius 1 is 1.15 bits per heavy atom. The van der Waals surface area contributed by atoms with Gasteiger partial charge in [-0.1, -0.05) is 17.7 Å². The smallest absolute Gasteiger partial charge is 0.338 e. The Hall–Kier alpha value is -2.39. The number of rotatable bonds is 5. The predicted octanol–water partition coefficient (Wildman–Crippen LogP) is 3.90. The zero-order valence-corrected chi connectivity index (χ0v) is 17.1. The molecule has 8 heteroatoms. The van der Waals surface area contributed by atoms with Crippen LogP contribution >= 0.6 is 34.2 Å². The normalized spacial score (nSPS) is 14.0. The van der Waals surface area contributed by atoms with Gasteiger partial charge >= 0.3 is 5.97 Å². The summed E-state index contributed by atoms with van der Waals surface area (Å²) in [6.07, 6.45) is 0. The van der Waals surface area contributed by atoms with Crippen molar-refractivity contribution in [3.05, 3.63) is 68.4 Å². The number of nitrogens with one attached hydrogen (secondary N) is 1. The van der Waals surface area contributed by atoms with Gasteiger partial charge in [-0.3, -0.25) is 9.59 Å². The van der Waals surface area contributed by atoms with Crippen molar-refractivity contribution in [2.75, 3.05) is 16.8 Å². The minimum atomic E-state index is -0.657. The number of imide groups is 1. The Morgan fingerprint density at radius 2 is 1.85 bits per heavy atom. The third-order valence-electron chi connectivity index (χ3n) is 3.76. The van der Waals surface area contributed by atoms with E-state index in [0.717, 1.165) is 8.47 Å². The lowest BCUT2D eigenvalue weighted by Gasteiger charge is -2.16. The molecule has 2 aromatic rings. The van der Waals surface area contributed by atoms with Crippen LogP contribution in [0.15, 0.2) is 59.3 Å². The number of halogens is 2. The molecule has 0 saturated carbocycles. The minimum absolute atomic E-state index is 0.00980. The zero-order chi connectivity index (χ0) is 19.6. The van der Waals surface area contributed by atoms with E-state index in [2.05, 4.69) is 27.9 Å². The van der Waals surface area contributed by atoms with Crippen molar-refractivity contribution in [3.8, 4) is 0 Å². The third kappa shape index (κ3) is 3.98. The average Bonchev–Trinajstić information content (AvgIpc) is 2.87. The second-order valence-electron chi connectivity index (χ2n) is 5.54. The van der Waals surface area contributed by atoms with Gasteiger partial charge in [0.25, 0.3) is 11.8 Å². The van der Waals surface area contributed by atoms with Crippen LogP contribution in [-0.4, -0.2) is 24.4 Å². The fourth-order valence-electron chi connectivity index (χ4n) is 2.51. The van der Waals surface area contributed by atoms with E-state index >= 15 is 0 Å². The molecule has 0 spiro atoms. The largest absolute Gasteiger partial charge is 0.462 e. The summed E-state index contributed by atoms with van der Waals surface area (Å²) in [4.78, 5) is 38.2. The van der Waals surface area contributed by atoms with Gasteiger partial charge in [-0.25, -0.2) is 9.69 Å². The molecular weight excluding hydrogens is 483 g/mol. The SMILES string of the molecule is CCOC(=O)c1cccc(N2C(=O)C(Cl)=C(Nc3ccc(I)cc3)C2=O)c1. The molecule has 3 rings (SSSR count). The highest BCUT2D eigenvalue weighted by atomic mass is 127. The van der Waals surface area contributed by atoms with E-state index in [1.54, 1.807) is 37.3 Å². The first-order valence-electron chi connectivity index (χ1n) is 8.00. The van der Waals surface area contributed by atoms with Crippen LogP contribution in [0.1, 0.15) is 17.3 Å². The monoisotopic (exact) mass is 496 g/mol. The molecule has 0 saturated heterocycles. The molecule has 6 nitrogen and oxygen atoms in total. The van der Waals surface area contributed by atoms with Crippen LogP contribution in [0, 0.1) is 3.57 Å². The Kier molecular flexibility index (Phi) is 5.81. The van der Waals surface area contributed by atoms with Gasteiger partial charge in [0.15, 0.2) is 0 Å². The first-order valence-corrected chi connectivity index (χ1v) is 9.46. The predicted molar refractivity (Wildman–Crippen MR) is 111 cm³/mol. The summed E-state index contributed by atoms with van der Waals surface area (Å²) >= 11 is 8.28. The Labute approximate surface area is 174 Å². The molecule has 2 amide bonds. The zero-order valence-electron chi connectivity index (χ0n) is 14.2. The van der Waals surface area contributed by atoms with E-state index < -0.39 is 17.8 Å². The van der Waals surface area contributed by atoms with Gasteiger partial charge in [0.05, 0.1) is 17.9 Å². The van der Waals surface area contributed by atoms with Crippen LogP contribution in [0.25, 0.3) is 0 Å². The first kappa shape index (κ1) is 19.4. The molecule has 1 aliphatic heterocycles. The summed E-state index contributed by atoms with van der Waals surface area (Å²) in [5.74, 6) is -1.78. The summed E-state index contributed by atoms with van der Waals surface area (Å²) in [7, 11) is 0. The van der Waals surface area contributed by atoms with Crippen molar-refractivity contribution in [2.24, 2.45) is 0 Å². The summed E-state index contributed by atoms with van der Waals surface area (Å²) in [5.41, 5.74) is 1.11. The fourth-order valence-corrected chi connectivity index (χ4v) is 3.08. The van der Waals surface area contributed by atoms with Crippen LogP contribution < -0.4 is 10.2 Å².